The molecule has 2 rings (SSSR count). The molecule has 0 saturated heterocycles. The van der Waals surface area contributed by atoms with Gasteiger partial charge in [0.2, 0.25) is 0 Å². The van der Waals surface area contributed by atoms with Crippen LogP contribution in [0.3, 0.4) is 0 Å². The van der Waals surface area contributed by atoms with E-state index in [4.69, 9.17) is 0 Å². The first kappa shape index (κ1) is 12.8. The van der Waals surface area contributed by atoms with Crippen LogP contribution in [0.2, 0.25) is 0 Å². The summed E-state index contributed by atoms with van der Waals surface area (Å²) < 4.78 is 1.80. The van der Waals surface area contributed by atoms with Crippen LogP contribution in [0.15, 0.2) is 35.3 Å². The zero-order valence-corrected chi connectivity index (χ0v) is 11.1. The van der Waals surface area contributed by atoms with E-state index >= 15 is 0 Å². The van der Waals surface area contributed by atoms with Crippen molar-refractivity contribution in [1.29, 1.82) is 0 Å². The number of nitrogens with zero attached hydrogens (tertiary/aromatic N) is 2. The van der Waals surface area contributed by atoms with E-state index in [-0.39, 0.29) is 11.6 Å². The topological polar surface area (TPSA) is 46.9 Å². The van der Waals surface area contributed by atoms with E-state index in [0.717, 1.165) is 11.0 Å². The van der Waals surface area contributed by atoms with Gasteiger partial charge in [-0.05, 0) is 25.1 Å². The van der Waals surface area contributed by atoms with Crippen LogP contribution in [0.4, 0.5) is 0 Å². The van der Waals surface area contributed by atoms with Gasteiger partial charge in [-0.3, -0.25) is 4.79 Å². The second-order valence-corrected chi connectivity index (χ2v) is 4.83. The molecule has 4 nitrogen and oxygen atoms in total. The fourth-order valence-corrected chi connectivity index (χ4v) is 2.14. The van der Waals surface area contributed by atoms with Gasteiger partial charge >= 0.3 is 0 Å². The monoisotopic (exact) mass is 245 g/mol. The third kappa shape index (κ3) is 2.43. The summed E-state index contributed by atoms with van der Waals surface area (Å²) in [5, 5.41) is 3.26. The molecule has 0 aliphatic carbocycles. The molecule has 18 heavy (non-hydrogen) atoms. The van der Waals surface area contributed by atoms with Crippen molar-refractivity contribution in [3.63, 3.8) is 0 Å². The minimum Gasteiger partial charge on any atom is -0.315 e. The predicted octanol–water partition coefficient (Wildman–Crippen LogP) is 1.64. The fraction of sp³-hybridized carbons (Fsp3) is 0.429. The first-order valence-electron chi connectivity index (χ1n) is 6.25. The smallest absolute Gasteiger partial charge is 0.269 e. The molecule has 1 atom stereocenters. The molecule has 96 valence electrons. The maximum atomic E-state index is 12.0. The molecule has 0 saturated carbocycles. The minimum atomic E-state index is -0.0467. The number of aromatic nitrogens is 2. The van der Waals surface area contributed by atoms with Crippen molar-refractivity contribution in [2.45, 2.75) is 26.4 Å². The van der Waals surface area contributed by atoms with Crippen LogP contribution in [0.25, 0.3) is 11.0 Å². The van der Waals surface area contributed by atoms with E-state index in [2.05, 4.69) is 24.1 Å². The summed E-state index contributed by atoms with van der Waals surface area (Å²) in [7, 11) is 1.93. The minimum absolute atomic E-state index is 0.0467. The molecule has 0 aliphatic heterocycles. The highest BCUT2D eigenvalue weighted by molar-refractivity contribution is 5.74. The van der Waals surface area contributed by atoms with E-state index in [9.17, 15) is 4.79 Å². The maximum absolute atomic E-state index is 12.0. The largest absolute Gasteiger partial charge is 0.315 e. The number of fused-ring (bicyclic) bond motifs is 1. The van der Waals surface area contributed by atoms with Crippen molar-refractivity contribution in [1.82, 2.24) is 14.9 Å². The van der Waals surface area contributed by atoms with Crippen molar-refractivity contribution in [3.05, 3.63) is 40.8 Å². The lowest BCUT2D eigenvalue weighted by Gasteiger charge is -2.22. The molecular formula is C14H19N3O. The SMILES string of the molecule is CNC(Cn1c(=O)cnc2ccccc21)C(C)C. The molecule has 0 amide bonds. The summed E-state index contributed by atoms with van der Waals surface area (Å²) >= 11 is 0. The normalized spacial score (nSPS) is 13.1. The van der Waals surface area contributed by atoms with Gasteiger partial charge in [-0.25, -0.2) is 4.98 Å². The highest BCUT2D eigenvalue weighted by Crippen LogP contribution is 2.11. The van der Waals surface area contributed by atoms with E-state index in [1.54, 1.807) is 4.57 Å². The van der Waals surface area contributed by atoms with Crippen molar-refractivity contribution < 1.29 is 0 Å². The Kier molecular flexibility index (Phi) is 3.77. The predicted molar refractivity (Wildman–Crippen MR) is 73.7 cm³/mol. The van der Waals surface area contributed by atoms with Crippen LogP contribution in [-0.4, -0.2) is 22.6 Å². The van der Waals surface area contributed by atoms with Crippen molar-refractivity contribution >= 4 is 11.0 Å². The number of nitrogens with one attached hydrogen (secondary N) is 1. The Labute approximate surface area is 107 Å². The third-order valence-electron chi connectivity index (χ3n) is 3.31. The van der Waals surface area contributed by atoms with Gasteiger partial charge in [0.1, 0.15) is 0 Å². The van der Waals surface area contributed by atoms with E-state index < -0.39 is 0 Å². The molecule has 1 N–H and O–H groups in total. The van der Waals surface area contributed by atoms with Gasteiger partial charge in [-0.1, -0.05) is 26.0 Å². The van der Waals surface area contributed by atoms with Gasteiger partial charge in [0.25, 0.3) is 5.56 Å². The Bertz CT molecular complexity index is 589. The standard InChI is InChI=1S/C14H19N3O/c1-10(2)12(15-3)9-17-13-7-5-4-6-11(13)16-8-14(17)18/h4-8,10,12,15H,9H2,1-3H3. The van der Waals surface area contributed by atoms with Gasteiger partial charge in [0.15, 0.2) is 0 Å². The lowest BCUT2D eigenvalue weighted by molar-refractivity contribution is 0.378. The van der Waals surface area contributed by atoms with Gasteiger partial charge in [-0.2, -0.15) is 0 Å². The number of rotatable bonds is 4. The van der Waals surface area contributed by atoms with Gasteiger partial charge < -0.3 is 9.88 Å². The van der Waals surface area contributed by atoms with Crippen LogP contribution in [0.5, 0.6) is 0 Å². The van der Waals surface area contributed by atoms with E-state index in [0.29, 0.717) is 12.5 Å². The first-order valence-corrected chi connectivity index (χ1v) is 6.25. The summed E-state index contributed by atoms with van der Waals surface area (Å²) in [5.74, 6) is 0.467. The molecule has 1 heterocycles. The maximum Gasteiger partial charge on any atom is 0.269 e. The summed E-state index contributed by atoms with van der Waals surface area (Å²) in [6, 6.07) is 8.01. The average molecular weight is 245 g/mol. The van der Waals surface area contributed by atoms with Gasteiger partial charge in [-0.15, -0.1) is 0 Å². The molecule has 1 aromatic carbocycles. The molecular weight excluding hydrogens is 226 g/mol. The van der Waals surface area contributed by atoms with Crippen LogP contribution in [-0.2, 0) is 6.54 Å². The summed E-state index contributed by atoms with van der Waals surface area (Å²) in [6.45, 7) is 4.96. The van der Waals surface area contributed by atoms with Crippen molar-refractivity contribution in [2.75, 3.05) is 7.05 Å². The van der Waals surface area contributed by atoms with E-state index in [1.165, 1.54) is 6.20 Å². The second-order valence-electron chi connectivity index (χ2n) is 4.83. The summed E-state index contributed by atoms with van der Waals surface area (Å²) in [4.78, 5) is 16.1. The zero-order chi connectivity index (χ0) is 13.1. The molecule has 1 aromatic heterocycles. The first-order chi connectivity index (χ1) is 8.63. The highest BCUT2D eigenvalue weighted by atomic mass is 16.1. The van der Waals surface area contributed by atoms with Gasteiger partial charge in [0.05, 0.1) is 17.2 Å². The van der Waals surface area contributed by atoms with Crippen LogP contribution < -0.4 is 10.9 Å². The van der Waals surface area contributed by atoms with Crippen LogP contribution in [0.1, 0.15) is 13.8 Å². The highest BCUT2D eigenvalue weighted by Gasteiger charge is 2.13. The Balaban J connectivity index is 2.49. The van der Waals surface area contributed by atoms with Crippen molar-refractivity contribution in [3.8, 4) is 0 Å². The van der Waals surface area contributed by atoms with Crippen LogP contribution in [0, 0.1) is 5.92 Å². The van der Waals surface area contributed by atoms with Crippen molar-refractivity contribution in [2.24, 2.45) is 5.92 Å². The molecule has 0 aliphatic rings. The molecule has 4 heteroatoms. The number of hydrogen-bond donors (Lipinski definition) is 1. The number of para-hydroxylation sites is 2. The number of hydrogen-bond acceptors (Lipinski definition) is 3. The second kappa shape index (κ2) is 5.31. The number of likely N-dealkylation sites (N-methyl/N-ethyl adjacent to an activating group) is 1. The molecule has 1 unspecified atom stereocenters. The Morgan fingerprint density at radius 3 is 2.72 bits per heavy atom. The average Bonchev–Trinajstić information content (AvgIpc) is 2.37. The Morgan fingerprint density at radius 1 is 1.33 bits per heavy atom. The Hall–Kier alpha value is -1.68. The molecule has 2 aromatic rings. The lowest BCUT2D eigenvalue weighted by atomic mass is 10.0. The van der Waals surface area contributed by atoms with E-state index in [1.807, 2.05) is 31.3 Å². The van der Waals surface area contributed by atoms with Crippen LogP contribution >= 0.6 is 0 Å². The zero-order valence-electron chi connectivity index (χ0n) is 11.1. The Morgan fingerprint density at radius 2 is 2.06 bits per heavy atom. The number of benzene rings is 1. The summed E-state index contributed by atoms with van der Waals surface area (Å²) in [6.07, 6.45) is 1.40. The van der Waals surface area contributed by atoms with Gasteiger partial charge in [0, 0.05) is 12.6 Å². The quantitative estimate of drug-likeness (QED) is 0.890. The third-order valence-corrected chi connectivity index (χ3v) is 3.31. The molecule has 0 radical (unpaired) electrons. The molecule has 0 spiro atoms. The lowest BCUT2D eigenvalue weighted by Crippen LogP contribution is -2.38. The summed E-state index contributed by atoms with van der Waals surface area (Å²) in [5.41, 5.74) is 1.70. The molecule has 0 fully saturated rings. The fourth-order valence-electron chi connectivity index (χ4n) is 2.14. The molecule has 0 bridgehead atoms.